The van der Waals surface area contributed by atoms with Gasteiger partial charge in [0.1, 0.15) is 5.75 Å². The monoisotopic (exact) mass is 280 g/mol. The lowest BCUT2D eigenvalue weighted by atomic mass is 10.0. The van der Waals surface area contributed by atoms with Crippen molar-refractivity contribution >= 4 is 0 Å². The maximum Gasteiger partial charge on any atom is 0.119 e. The van der Waals surface area contributed by atoms with E-state index in [0.29, 0.717) is 13.1 Å². The average Bonchev–Trinajstić information content (AvgIpc) is 2.47. The Balaban J connectivity index is 2.17. The molecular formula is C15H24N2O3. The Labute approximate surface area is 120 Å². The number of nitrogens with zero attached hydrogens (tertiary/aromatic N) is 1. The fourth-order valence-electron chi connectivity index (χ4n) is 2.78. The van der Waals surface area contributed by atoms with Crippen LogP contribution in [0.2, 0.25) is 0 Å². The van der Waals surface area contributed by atoms with E-state index < -0.39 is 0 Å². The predicted molar refractivity (Wildman–Crippen MR) is 77.8 cm³/mol. The molecule has 20 heavy (non-hydrogen) atoms. The Kier molecular flexibility index (Phi) is 5.37. The van der Waals surface area contributed by atoms with E-state index in [1.807, 2.05) is 25.1 Å². The summed E-state index contributed by atoms with van der Waals surface area (Å²) in [7, 11) is 1.66. The maximum absolute atomic E-state index is 9.33. The lowest BCUT2D eigenvalue weighted by Gasteiger charge is -2.40. The topological polar surface area (TPSA) is 68.0 Å². The third-order valence-corrected chi connectivity index (χ3v) is 3.70. The van der Waals surface area contributed by atoms with Crippen LogP contribution in [0, 0.1) is 0 Å². The van der Waals surface area contributed by atoms with Crippen molar-refractivity contribution in [3.8, 4) is 5.75 Å². The van der Waals surface area contributed by atoms with Gasteiger partial charge in [0.05, 0.1) is 25.9 Å². The number of rotatable bonds is 5. The zero-order valence-electron chi connectivity index (χ0n) is 12.2. The molecule has 0 saturated carbocycles. The molecule has 0 spiro atoms. The molecule has 1 aromatic carbocycles. The number of aliphatic hydroxyl groups excluding tert-OH is 1. The van der Waals surface area contributed by atoms with E-state index in [1.165, 1.54) is 0 Å². The minimum atomic E-state index is -0.140. The summed E-state index contributed by atoms with van der Waals surface area (Å²) in [4.78, 5) is 2.28. The molecule has 0 radical (unpaired) electrons. The van der Waals surface area contributed by atoms with Crippen LogP contribution in [0.25, 0.3) is 0 Å². The molecule has 1 saturated heterocycles. The van der Waals surface area contributed by atoms with Crippen LogP contribution in [0.1, 0.15) is 18.5 Å². The van der Waals surface area contributed by atoms with Gasteiger partial charge >= 0.3 is 0 Å². The van der Waals surface area contributed by atoms with Gasteiger partial charge in [0, 0.05) is 25.7 Å². The molecule has 5 nitrogen and oxygen atoms in total. The van der Waals surface area contributed by atoms with Crippen LogP contribution in [-0.2, 0) is 4.74 Å². The molecule has 1 aromatic rings. The molecule has 0 amide bonds. The van der Waals surface area contributed by atoms with Crippen LogP contribution in [0.15, 0.2) is 24.3 Å². The highest BCUT2D eigenvalue weighted by Gasteiger charge is 2.29. The first-order valence-corrected chi connectivity index (χ1v) is 7.02. The van der Waals surface area contributed by atoms with Crippen LogP contribution < -0.4 is 10.5 Å². The lowest BCUT2D eigenvalue weighted by Crippen LogP contribution is -2.50. The number of morpholine rings is 1. The number of methoxy groups -OCH3 is 1. The van der Waals surface area contributed by atoms with E-state index in [-0.39, 0.29) is 24.9 Å². The molecule has 112 valence electrons. The molecule has 3 N–H and O–H groups in total. The second-order valence-electron chi connectivity index (χ2n) is 5.23. The molecule has 5 heteroatoms. The SMILES string of the molecule is COc1cccc(C(CN)N2CC(C)OC(CO)C2)c1. The molecule has 0 aromatic heterocycles. The van der Waals surface area contributed by atoms with Crippen LogP contribution in [-0.4, -0.2) is 55.6 Å². The van der Waals surface area contributed by atoms with E-state index in [1.54, 1.807) is 7.11 Å². The third kappa shape index (κ3) is 3.49. The second kappa shape index (κ2) is 7.04. The summed E-state index contributed by atoms with van der Waals surface area (Å²) in [5, 5.41) is 9.33. The van der Waals surface area contributed by atoms with Crippen molar-refractivity contribution in [3.63, 3.8) is 0 Å². The van der Waals surface area contributed by atoms with Gasteiger partial charge in [-0.15, -0.1) is 0 Å². The summed E-state index contributed by atoms with van der Waals surface area (Å²) in [6, 6.07) is 8.10. The molecule has 3 atom stereocenters. The van der Waals surface area contributed by atoms with Gasteiger partial charge in [-0.3, -0.25) is 4.90 Å². The van der Waals surface area contributed by atoms with Gasteiger partial charge in [0.25, 0.3) is 0 Å². The standard InChI is InChI=1S/C15H24N2O3/c1-11-8-17(9-14(10-18)20-11)15(7-16)12-4-3-5-13(6-12)19-2/h3-6,11,14-15,18H,7-10,16H2,1-2H3. The van der Waals surface area contributed by atoms with Crippen molar-refractivity contribution in [3.05, 3.63) is 29.8 Å². The smallest absolute Gasteiger partial charge is 0.119 e. The van der Waals surface area contributed by atoms with E-state index in [4.69, 9.17) is 15.2 Å². The summed E-state index contributed by atoms with van der Waals surface area (Å²) in [5.74, 6) is 0.834. The van der Waals surface area contributed by atoms with E-state index in [2.05, 4.69) is 11.0 Å². The molecule has 1 aliphatic rings. The summed E-state index contributed by atoms with van der Waals surface area (Å²) in [6.45, 7) is 4.09. The summed E-state index contributed by atoms with van der Waals surface area (Å²) >= 11 is 0. The van der Waals surface area contributed by atoms with E-state index in [0.717, 1.165) is 17.9 Å². The first-order valence-electron chi connectivity index (χ1n) is 7.02. The highest BCUT2D eigenvalue weighted by molar-refractivity contribution is 5.31. The van der Waals surface area contributed by atoms with Crippen molar-refractivity contribution in [1.82, 2.24) is 4.90 Å². The minimum absolute atomic E-state index is 0.0379. The van der Waals surface area contributed by atoms with Gasteiger partial charge in [0.2, 0.25) is 0 Å². The van der Waals surface area contributed by atoms with Crippen LogP contribution in [0.5, 0.6) is 5.75 Å². The Morgan fingerprint density at radius 1 is 1.50 bits per heavy atom. The largest absolute Gasteiger partial charge is 0.497 e. The van der Waals surface area contributed by atoms with Crippen molar-refractivity contribution in [2.75, 3.05) is 33.4 Å². The van der Waals surface area contributed by atoms with Gasteiger partial charge in [0.15, 0.2) is 0 Å². The molecule has 0 bridgehead atoms. The molecule has 1 aliphatic heterocycles. The minimum Gasteiger partial charge on any atom is -0.497 e. The normalized spacial score (nSPS) is 25.4. The van der Waals surface area contributed by atoms with Crippen LogP contribution in [0.4, 0.5) is 0 Å². The van der Waals surface area contributed by atoms with Crippen molar-refractivity contribution in [1.29, 1.82) is 0 Å². The van der Waals surface area contributed by atoms with Gasteiger partial charge in [-0.2, -0.15) is 0 Å². The van der Waals surface area contributed by atoms with Gasteiger partial charge in [-0.25, -0.2) is 0 Å². The van der Waals surface area contributed by atoms with Gasteiger partial charge in [-0.1, -0.05) is 12.1 Å². The fraction of sp³-hybridized carbons (Fsp3) is 0.600. The maximum atomic E-state index is 9.33. The summed E-state index contributed by atoms with van der Waals surface area (Å²) in [6.07, 6.45) is -0.0426. The number of nitrogens with two attached hydrogens (primary N) is 1. The van der Waals surface area contributed by atoms with E-state index >= 15 is 0 Å². The number of ether oxygens (including phenoxy) is 2. The average molecular weight is 280 g/mol. The fourth-order valence-corrected chi connectivity index (χ4v) is 2.78. The quantitative estimate of drug-likeness (QED) is 0.834. The highest BCUT2D eigenvalue weighted by atomic mass is 16.5. The number of benzene rings is 1. The van der Waals surface area contributed by atoms with E-state index in [9.17, 15) is 5.11 Å². The van der Waals surface area contributed by atoms with Crippen molar-refractivity contribution < 1.29 is 14.6 Å². The number of hydrogen-bond donors (Lipinski definition) is 2. The summed E-state index contributed by atoms with van der Waals surface area (Å²) in [5.41, 5.74) is 7.11. The van der Waals surface area contributed by atoms with Crippen molar-refractivity contribution in [2.45, 2.75) is 25.2 Å². The second-order valence-corrected chi connectivity index (χ2v) is 5.23. The Morgan fingerprint density at radius 2 is 2.30 bits per heavy atom. The van der Waals surface area contributed by atoms with Crippen LogP contribution >= 0.6 is 0 Å². The first-order chi connectivity index (χ1) is 9.67. The Bertz CT molecular complexity index is 427. The Hall–Kier alpha value is -1.14. The summed E-state index contributed by atoms with van der Waals surface area (Å²) < 4.78 is 11.0. The molecule has 1 fully saturated rings. The van der Waals surface area contributed by atoms with Gasteiger partial charge < -0.3 is 20.3 Å². The van der Waals surface area contributed by atoms with Crippen molar-refractivity contribution in [2.24, 2.45) is 5.73 Å². The molecule has 2 rings (SSSR count). The predicted octanol–water partition coefficient (Wildman–Crippen LogP) is 0.777. The molecule has 1 heterocycles. The Morgan fingerprint density at radius 3 is 2.95 bits per heavy atom. The molecular weight excluding hydrogens is 256 g/mol. The zero-order chi connectivity index (χ0) is 14.5. The zero-order valence-corrected chi connectivity index (χ0v) is 12.2. The molecule has 3 unspecified atom stereocenters. The van der Waals surface area contributed by atoms with Crippen LogP contribution in [0.3, 0.4) is 0 Å². The van der Waals surface area contributed by atoms with Gasteiger partial charge in [-0.05, 0) is 24.6 Å². The molecule has 0 aliphatic carbocycles. The highest BCUT2D eigenvalue weighted by Crippen LogP contribution is 2.26. The number of hydrogen-bond acceptors (Lipinski definition) is 5. The third-order valence-electron chi connectivity index (χ3n) is 3.70. The lowest BCUT2D eigenvalue weighted by molar-refractivity contribution is -0.105. The first kappa shape index (κ1) is 15.3. The number of aliphatic hydroxyl groups is 1.